The lowest BCUT2D eigenvalue weighted by molar-refractivity contribution is -0.148. The van der Waals surface area contributed by atoms with E-state index in [1.54, 1.807) is 0 Å². The normalized spacial score (nSPS) is 33.3. The highest BCUT2D eigenvalue weighted by atomic mass is 32.2. The Morgan fingerprint density at radius 2 is 2.38 bits per heavy atom. The highest BCUT2D eigenvalue weighted by molar-refractivity contribution is 8.00. The van der Waals surface area contributed by atoms with Crippen LogP contribution in [-0.2, 0) is 9.53 Å². The molecule has 0 spiro atoms. The maximum Gasteiger partial charge on any atom is 0.310 e. The fourth-order valence-corrected chi connectivity index (χ4v) is 3.68. The zero-order chi connectivity index (χ0) is 9.84. The van der Waals surface area contributed by atoms with Gasteiger partial charge in [-0.2, -0.15) is 24.4 Å². The van der Waals surface area contributed by atoms with Gasteiger partial charge in [0.1, 0.15) is 0 Å². The van der Waals surface area contributed by atoms with E-state index in [9.17, 15) is 4.79 Å². The molecule has 3 unspecified atom stereocenters. The van der Waals surface area contributed by atoms with Gasteiger partial charge in [-0.3, -0.25) is 4.79 Å². The second-order valence-corrected chi connectivity index (χ2v) is 4.91. The molecule has 1 aliphatic heterocycles. The van der Waals surface area contributed by atoms with Crippen molar-refractivity contribution < 1.29 is 9.53 Å². The number of carbonyl (C=O) groups excluding carboxylic acids is 1. The molecule has 3 atom stereocenters. The Kier molecular flexibility index (Phi) is 4.46. The third-order valence-corrected chi connectivity index (χ3v) is 4.70. The lowest BCUT2D eigenvalue weighted by Gasteiger charge is -2.16. The Hall–Kier alpha value is 0.170. The number of carbonyl (C=O) groups is 1. The first kappa shape index (κ1) is 11.2. The van der Waals surface area contributed by atoms with Crippen molar-refractivity contribution in [2.45, 2.75) is 19.1 Å². The molecule has 0 aromatic rings. The molecule has 0 aliphatic carbocycles. The first-order valence-electron chi connectivity index (χ1n) is 4.59. The van der Waals surface area contributed by atoms with Gasteiger partial charge in [0.2, 0.25) is 0 Å². The number of ether oxygens (including phenoxy) is 1. The van der Waals surface area contributed by atoms with Crippen molar-refractivity contribution in [1.29, 1.82) is 0 Å². The highest BCUT2D eigenvalue weighted by Crippen LogP contribution is 2.37. The number of thiol groups is 1. The molecule has 0 N–H and O–H groups in total. The number of thioether (sulfide) groups is 1. The molecule has 0 radical (unpaired) electrons. The summed E-state index contributed by atoms with van der Waals surface area (Å²) in [5.41, 5.74) is 0. The van der Waals surface area contributed by atoms with Gasteiger partial charge in [0.25, 0.3) is 0 Å². The summed E-state index contributed by atoms with van der Waals surface area (Å²) in [7, 11) is 0. The van der Waals surface area contributed by atoms with E-state index in [2.05, 4.69) is 19.6 Å². The summed E-state index contributed by atoms with van der Waals surface area (Å²) < 4.78 is 5.01. The third kappa shape index (κ3) is 2.56. The molecule has 0 saturated carbocycles. The third-order valence-electron chi connectivity index (χ3n) is 2.48. The molecule has 0 aromatic heterocycles. The molecule has 1 heterocycles. The van der Waals surface area contributed by atoms with Crippen LogP contribution in [0.15, 0.2) is 0 Å². The molecule has 13 heavy (non-hydrogen) atoms. The monoisotopic (exact) mass is 220 g/mol. The van der Waals surface area contributed by atoms with Crippen LogP contribution in [0.25, 0.3) is 0 Å². The maximum absolute atomic E-state index is 11.5. The average Bonchev–Trinajstić information content (AvgIpc) is 2.47. The summed E-state index contributed by atoms with van der Waals surface area (Å²) in [6.07, 6.45) is 0. The predicted octanol–water partition coefficient (Wildman–Crippen LogP) is 1.85. The summed E-state index contributed by atoms with van der Waals surface area (Å²) in [6, 6.07) is 0. The molecular formula is C9H16O2S2. The quantitative estimate of drug-likeness (QED) is 0.581. The SMILES string of the molecule is CCOC(=O)C1CSC(CS)C1C. The zero-order valence-electron chi connectivity index (χ0n) is 8.03. The largest absolute Gasteiger partial charge is 0.466 e. The Morgan fingerprint density at radius 3 is 2.85 bits per heavy atom. The molecule has 0 bridgehead atoms. The van der Waals surface area contributed by atoms with Crippen LogP contribution in [0.3, 0.4) is 0 Å². The molecule has 0 amide bonds. The van der Waals surface area contributed by atoms with Crippen LogP contribution >= 0.6 is 24.4 Å². The van der Waals surface area contributed by atoms with Gasteiger partial charge in [-0.05, 0) is 12.8 Å². The summed E-state index contributed by atoms with van der Waals surface area (Å²) in [6.45, 7) is 4.45. The number of hydrogen-bond acceptors (Lipinski definition) is 4. The first-order valence-corrected chi connectivity index (χ1v) is 6.28. The van der Waals surface area contributed by atoms with Gasteiger partial charge in [0.05, 0.1) is 12.5 Å². The number of rotatable bonds is 3. The minimum atomic E-state index is -0.0354. The summed E-state index contributed by atoms with van der Waals surface area (Å²) >= 11 is 6.10. The van der Waals surface area contributed by atoms with Crippen LogP contribution in [0, 0.1) is 11.8 Å². The van der Waals surface area contributed by atoms with Crippen molar-refractivity contribution in [3.05, 3.63) is 0 Å². The van der Waals surface area contributed by atoms with Crippen LogP contribution < -0.4 is 0 Å². The molecular weight excluding hydrogens is 204 g/mol. The van der Waals surface area contributed by atoms with Crippen molar-refractivity contribution in [2.24, 2.45) is 11.8 Å². The van der Waals surface area contributed by atoms with Crippen LogP contribution in [0.1, 0.15) is 13.8 Å². The standard InChI is InChI=1S/C9H16O2S2/c1-3-11-9(10)7-5-13-8(4-12)6(7)2/h6-8,12H,3-5H2,1-2H3. The van der Waals surface area contributed by atoms with E-state index in [0.717, 1.165) is 11.5 Å². The average molecular weight is 220 g/mol. The Bertz CT molecular complexity index is 184. The van der Waals surface area contributed by atoms with E-state index >= 15 is 0 Å². The van der Waals surface area contributed by atoms with E-state index in [1.165, 1.54) is 0 Å². The van der Waals surface area contributed by atoms with Crippen LogP contribution in [0.4, 0.5) is 0 Å². The van der Waals surface area contributed by atoms with Crippen molar-refractivity contribution in [3.8, 4) is 0 Å². The summed E-state index contributed by atoms with van der Waals surface area (Å²) in [5.74, 6) is 2.20. The van der Waals surface area contributed by atoms with E-state index < -0.39 is 0 Å². The minimum absolute atomic E-state index is 0.0354. The van der Waals surface area contributed by atoms with Gasteiger partial charge in [-0.1, -0.05) is 6.92 Å². The Balaban J connectivity index is 2.48. The first-order chi connectivity index (χ1) is 6.20. The number of hydrogen-bond donors (Lipinski definition) is 1. The summed E-state index contributed by atoms with van der Waals surface area (Å²) in [5, 5.41) is 0.512. The van der Waals surface area contributed by atoms with Gasteiger partial charge < -0.3 is 4.74 Å². The van der Waals surface area contributed by atoms with Crippen LogP contribution in [0.5, 0.6) is 0 Å². The van der Waals surface area contributed by atoms with E-state index in [1.807, 2.05) is 18.7 Å². The predicted molar refractivity (Wildman–Crippen MR) is 59.4 cm³/mol. The topological polar surface area (TPSA) is 26.3 Å². The Labute approximate surface area is 89.2 Å². The van der Waals surface area contributed by atoms with Crippen molar-refractivity contribution >= 4 is 30.4 Å². The molecule has 1 rings (SSSR count). The Morgan fingerprint density at radius 1 is 1.69 bits per heavy atom. The van der Waals surface area contributed by atoms with E-state index in [0.29, 0.717) is 17.8 Å². The van der Waals surface area contributed by atoms with E-state index in [-0.39, 0.29) is 11.9 Å². The minimum Gasteiger partial charge on any atom is -0.466 e. The maximum atomic E-state index is 11.5. The van der Waals surface area contributed by atoms with Crippen molar-refractivity contribution in [2.75, 3.05) is 18.1 Å². The molecule has 1 aliphatic rings. The van der Waals surface area contributed by atoms with Gasteiger partial charge in [-0.25, -0.2) is 0 Å². The van der Waals surface area contributed by atoms with Gasteiger partial charge in [-0.15, -0.1) is 0 Å². The van der Waals surface area contributed by atoms with Gasteiger partial charge >= 0.3 is 5.97 Å². The molecule has 1 fully saturated rings. The second-order valence-electron chi connectivity index (χ2n) is 3.27. The molecule has 2 nitrogen and oxygen atoms in total. The van der Waals surface area contributed by atoms with Crippen LogP contribution in [-0.4, -0.2) is 29.3 Å². The lowest BCUT2D eigenvalue weighted by Crippen LogP contribution is -2.26. The fraction of sp³-hybridized carbons (Fsp3) is 0.889. The van der Waals surface area contributed by atoms with Crippen molar-refractivity contribution in [3.63, 3.8) is 0 Å². The van der Waals surface area contributed by atoms with Crippen LogP contribution in [0.2, 0.25) is 0 Å². The lowest BCUT2D eigenvalue weighted by atomic mass is 9.94. The molecule has 76 valence electrons. The number of esters is 1. The summed E-state index contributed by atoms with van der Waals surface area (Å²) in [4.78, 5) is 11.5. The van der Waals surface area contributed by atoms with Gasteiger partial charge in [0, 0.05) is 16.8 Å². The highest BCUT2D eigenvalue weighted by Gasteiger charge is 2.37. The smallest absolute Gasteiger partial charge is 0.310 e. The fourth-order valence-electron chi connectivity index (χ4n) is 1.54. The van der Waals surface area contributed by atoms with E-state index in [4.69, 9.17) is 4.74 Å². The molecule has 0 aromatic carbocycles. The van der Waals surface area contributed by atoms with Crippen molar-refractivity contribution in [1.82, 2.24) is 0 Å². The molecule has 1 saturated heterocycles. The van der Waals surface area contributed by atoms with Gasteiger partial charge in [0.15, 0.2) is 0 Å². The second kappa shape index (κ2) is 5.15. The zero-order valence-corrected chi connectivity index (χ0v) is 9.74. The molecule has 4 heteroatoms.